The lowest BCUT2D eigenvalue weighted by atomic mass is 10.0. The van der Waals surface area contributed by atoms with Crippen LogP contribution in [0.25, 0.3) is 10.9 Å². The van der Waals surface area contributed by atoms with Gasteiger partial charge in [-0.05, 0) is 41.4 Å². The maximum Gasteiger partial charge on any atom is 0.138 e. The van der Waals surface area contributed by atoms with Gasteiger partial charge in [-0.2, -0.15) is 0 Å². The van der Waals surface area contributed by atoms with E-state index in [4.69, 9.17) is 9.72 Å². The van der Waals surface area contributed by atoms with Gasteiger partial charge in [0.05, 0.1) is 34.6 Å². The zero-order valence-corrected chi connectivity index (χ0v) is 13.1. The summed E-state index contributed by atoms with van der Waals surface area (Å²) in [6, 6.07) is 1.53. The number of fused-ring (bicyclic) bond motifs is 2. The Labute approximate surface area is 125 Å². The molecule has 3 rings (SSSR count). The van der Waals surface area contributed by atoms with Gasteiger partial charge < -0.3 is 10.1 Å². The Kier molecular flexibility index (Phi) is 3.65. The van der Waals surface area contributed by atoms with Gasteiger partial charge >= 0.3 is 0 Å². The van der Waals surface area contributed by atoms with Gasteiger partial charge in [-0.3, -0.25) is 4.98 Å². The fourth-order valence-electron chi connectivity index (χ4n) is 2.69. The Morgan fingerprint density at radius 3 is 3.05 bits per heavy atom. The number of hydrogen-bond acceptors (Lipinski definition) is 3. The van der Waals surface area contributed by atoms with Crippen molar-refractivity contribution >= 4 is 32.5 Å². The van der Waals surface area contributed by atoms with Crippen LogP contribution < -0.4 is 5.32 Å². The Bertz CT molecular complexity index is 688. The molecule has 2 heterocycles. The number of aromatic nitrogens is 1. The van der Waals surface area contributed by atoms with Crippen LogP contribution in [-0.4, -0.2) is 18.1 Å². The molecule has 2 aromatic rings. The monoisotopic (exact) mass is 338 g/mol. The first-order valence-electron chi connectivity index (χ1n) is 6.75. The van der Waals surface area contributed by atoms with Gasteiger partial charge in [0.15, 0.2) is 0 Å². The van der Waals surface area contributed by atoms with Crippen LogP contribution in [0.3, 0.4) is 0 Å². The van der Waals surface area contributed by atoms with E-state index in [1.807, 2.05) is 13.8 Å². The Balaban J connectivity index is 2.42. The summed E-state index contributed by atoms with van der Waals surface area (Å²) in [7, 11) is 0. The second-order valence-electron chi connectivity index (χ2n) is 4.96. The predicted molar refractivity (Wildman–Crippen MR) is 81.7 cm³/mol. The molecule has 0 saturated carbocycles. The molecule has 1 aliphatic heterocycles. The average molecular weight is 339 g/mol. The molecule has 0 bridgehead atoms. The molecule has 20 heavy (non-hydrogen) atoms. The molecule has 1 aromatic heterocycles. The quantitative estimate of drug-likeness (QED) is 0.900. The highest BCUT2D eigenvalue weighted by molar-refractivity contribution is 9.10. The number of aryl methyl sites for hydroxylation is 1. The van der Waals surface area contributed by atoms with Gasteiger partial charge in [-0.25, -0.2) is 4.39 Å². The fourth-order valence-corrected chi connectivity index (χ4v) is 3.19. The van der Waals surface area contributed by atoms with Crippen molar-refractivity contribution in [2.45, 2.75) is 26.9 Å². The van der Waals surface area contributed by atoms with Crippen molar-refractivity contribution in [2.24, 2.45) is 0 Å². The van der Waals surface area contributed by atoms with Crippen LogP contribution in [-0.2, 0) is 17.8 Å². The average Bonchev–Trinajstić information content (AvgIpc) is 2.45. The van der Waals surface area contributed by atoms with Crippen molar-refractivity contribution in [3.05, 3.63) is 33.2 Å². The van der Waals surface area contributed by atoms with Crippen molar-refractivity contribution in [1.29, 1.82) is 0 Å². The molecule has 106 valence electrons. The third-order valence-corrected chi connectivity index (χ3v) is 4.39. The smallest absolute Gasteiger partial charge is 0.138 e. The van der Waals surface area contributed by atoms with Gasteiger partial charge in [0.1, 0.15) is 5.82 Å². The van der Waals surface area contributed by atoms with Crippen LogP contribution >= 0.6 is 15.9 Å². The number of rotatable bonds is 2. The van der Waals surface area contributed by atoms with Crippen LogP contribution in [0.2, 0.25) is 0 Å². The minimum Gasteiger partial charge on any atom is -0.384 e. The summed E-state index contributed by atoms with van der Waals surface area (Å²) >= 11 is 3.37. The first-order valence-corrected chi connectivity index (χ1v) is 7.54. The molecule has 0 atom stereocenters. The first kappa shape index (κ1) is 13.8. The Hall–Kier alpha value is -1.20. The molecular weight excluding hydrogens is 323 g/mol. The summed E-state index contributed by atoms with van der Waals surface area (Å²) in [5.74, 6) is -0.257. The van der Waals surface area contributed by atoms with E-state index in [0.29, 0.717) is 17.7 Å². The summed E-state index contributed by atoms with van der Waals surface area (Å²) in [5, 5.41) is 4.17. The molecule has 0 radical (unpaired) electrons. The van der Waals surface area contributed by atoms with E-state index in [1.54, 1.807) is 0 Å². The van der Waals surface area contributed by atoms with Crippen LogP contribution in [0.15, 0.2) is 10.5 Å². The number of pyridine rings is 1. The second kappa shape index (κ2) is 5.30. The van der Waals surface area contributed by atoms with Crippen LogP contribution in [0.1, 0.15) is 23.7 Å². The van der Waals surface area contributed by atoms with E-state index in [0.717, 1.165) is 46.4 Å². The lowest BCUT2D eigenvalue weighted by molar-refractivity contribution is 0.110. The molecule has 0 spiro atoms. The van der Waals surface area contributed by atoms with Gasteiger partial charge in [0, 0.05) is 23.9 Å². The summed E-state index contributed by atoms with van der Waals surface area (Å²) < 4.78 is 20.0. The predicted octanol–water partition coefficient (Wildman–Crippen LogP) is 3.95. The molecule has 1 aliphatic rings. The number of nitrogens with zero attached hydrogens (tertiary/aromatic N) is 1. The second-order valence-corrected chi connectivity index (χ2v) is 5.75. The Morgan fingerprint density at radius 2 is 2.30 bits per heavy atom. The highest BCUT2D eigenvalue weighted by Gasteiger charge is 2.22. The van der Waals surface area contributed by atoms with Gasteiger partial charge in [-0.1, -0.05) is 0 Å². The first-order chi connectivity index (χ1) is 9.63. The molecule has 0 saturated heterocycles. The Morgan fingerprint density at radius 1 is 1.50 bits per heavy atom. The molecular formula is C15H16BrFN2O. The number of hydrogen-bond donors (Lipinski definition) is 1. The largest absolute Gasteiger partial charge is 0.384 e. The highest BCUT2D eigenvalue weighted by atomic mass is 79.9. The van der Waals surface area contributed by atoms with Crippen molar-refractivity contribution in [3.63, 3.8) is 0 Å². The van der Waals surface area contributed by atoms with E-state index in [-0.39, 0.29) is 5.82 Å². The van der Waals surface area contributed by atoms with E-state index < -0.39 is 0 Å². The number of benzene rings is 1. The van der Waals surface area contributed by atoms with Gasteiger partial charge in [0.25, 0.3) is 0 Å². The van der Waals surface area contributed by atoms with Crippen molar-refractivity contribution in [2.75, 3.05) is 18.5 Å². The number of nitrogens with one attached hydrogen (secondary N) is 1. The van der Waals surface area contributed by atoms with Crippen molar-refractivity contribution in [1.82, 2.24) is 4.98 Å². The van der Waals surface area contributed by atoms with E-state index >= 15 is 0 Å². The zero-order chi connectivity index (χ0) is 14.3. The molecule has 1 aromatic carbocycles. The summed E-state index contributed by atoms with van der Waals surface area (Å²) in [5.41, 5.74) is 4.77. The normalized spacial score (nSPS) is 14.4. The molecule has 0 aliphatic carbocycles. The maximum atomic E-state index is 14.0. The minimum atomic E-state index is -0.257. The molecule has 0 unspecified atom stereocenters. The van der Waals surface area contributed by atoms with Crippen molar-refractivity contribution < 1.29 is 9.13 Å². The van der Waals surface area contributed by atoms with Crippen LogP contribution in [0.4, 0.5) is 10.1 Å². The maximum absolute atomic E-state index is 14.0. The molecule has 0 fully saturated rings. The standard InChI is InChI=1S/C15H16BrFN2O/c1-3-18-15-9-7-20-5-4-11(9)19-14-8(2)6-10(17)13(16)12(14)15/h6H,3-5,7H2,1-2H3,(H,18,19). The summed E-state index contributed by atoms with van der Waals surface area (Å²) in [6.07, 6.45) is 0.804. The van der Waals surface area contributed by atoms with Crippen LogP contribution in [0, 0.1) is 12.7 Å². The van der Waals surface area contributed by atoms with E-state index in [2.05, 4.69) is 21.2 Å². The van der Waals surface area contributed by atoms with E-state index in [1.165, 1.54) is 6.07 Å². The summed E-state index contributed by atoms with van der Waals surface area (Å²) in [6.45, 7) is 5.92. The zero-order valence-electron chi connectivity index (χ0n) is 11.5. The highest BCUT2D eigenvalue weighted by Crippen LogP contribution is 2.38. The number of anilines is 1. The topological polar surface area (TPSA) is 34.2 Å². The van der Waals surface area contributed by atoms with Crippen LogP contribution in [0.5, 0.6) is 0 Å². The fraction of sp³-hybridized carbons (Fsp3) is 0.400. The lowest BCUT2D eigenvalue weighted by Gasteiger charge is -2.23. The minimum absolute atomic E-state index is 0.257. The SMILES string of the molecule is CCNc1c2c(nc3c(C)cc(F)c(Br)c13)CCOC2. The number of ether oxygens (including phenoxy) is 1. The third kappa shape index (κ3) is 2.09. The molecule has 0 amide bonds. The third-order valence-electron chi connectivity index (χ3n) is 3.61. The van der Waals surface area contributed by atoms with E-state index in [9.17, 15) is 4.39 Å². The molecule has 5 heteroatoms. The van der Waals surface area contributed by atoms with Gasteiger partial charge in [-0.15, -0.1) is 0 Å². The lowest BCUT2D eigenvalue weighted by Crippen LogP contribution is -2.16. The van der Waals surface area contributed by atoms with Crippen molar-refractivity contribution in [3.8, 4) is 0 Å². The molecule has 1 N–H and O–H groups in total. The summed E-state index contributed by atoms with van der Waals surface area (Å²) in [4.78, 5) is 4.74. The number of halogens is 2. The molecule has 3 nitrogen and oxygen atoms in total. The van der Waals surface area contributed by atoms with Gasteiger partial charge in [0.2, 0.25) is 0 Å².